The molecule has 2 aliphatic rings. The Morgan fingerprint density at radius 2 is 1.91 bits per heavy atom. The van der Waals surface area contributed by atoms with E-state index in [2.05, 4.69) is 0 Å². The number of hydrogen-bond acceptors (Lipinski definition) is 3. The van der Waals surface area contributed by atoms with Crippen LogP contribution in [0.25, 0.3) is 0 Å². The van der Waals surface area contributed by atoms with E-state index in [9.17, 15) is 9.59 Å². The van der Waals surface area contributed by atoms with E-state index in [4.69, 9.17) is 4.74 Å². The van der Waals surface area contributed by atoms with Gasteiger partial charge in [0, 0.05) is 44.9 Å². The third-order valence-electron chi connectivity index (χ3n) is 4.66. The van der Waals surface area contributed by atoms with Crippen molar-refractivity contribution in [2.24, 2.45) is 0 Å². The van der Waals surface area contributed by atoms with E-state index in [0.29, 0.717) is 6.54 Å². The minimum absolute atomic E-state index is 0.0551. The van der Waals surface area contributed by atoms with Crippen LogP contribution in [-0.2, 0) is 16.0 Å². The molecule has 0 atom stereocenters. The Bertz CT molecular complexity index is 592. The van der Waals surface area contributed by atoms with Gasteiger partial charge >= 0.3 is 0 Å². The first-order valence-electron chi connectivity index (χ1n) is 7.83. The van der Waals surface area contributed by atoms with E-state index in [1.807, 2.05) is 23.1 Å². The number of rotatable bonds is 2. The maximum Gasteiger partial charge on any atom is 0.253 e. The number of ether oxygens (including phenoxy) is 1. The molecule has 0 aliphatic carbocycles. The highest BCUT2D eigenvalue weighted by atomic mass is 16.5. The SMILES string of the molecule is COC1CCN(C(=O)c2ccc3c(c2)CCN3C(C)=O)CC1. The summed E-state index contributed by atoms with van der Waals surface area (Å²) in [6.45, 7) is 3.78. The zero-order valence-corrected chi connectivity index (χ0v) is 13.2. The van der Waals surface area contributed by atoms with Gasteiger partial charge in [-0.2, -0.15) is 0 Å². The van der Waals surface area contributed by atoms with Crippen LogP contribution in [0.3, 0.4) is 0 Å². The fourth-order valence-electron chi connectivity index (χ4n) is 3.34. The number of carbonyl (C=O) groups is 2. The highest BCUT2D eigenvalue weighted by molar-refractivity contribution is 5.97. The predicted molar refractivity (Wildman–Crippen MR) is 84.1 cm³/mol. The largest absolute Gasteiger partial charge is 0.381 e. The van der Waals surface area contributed by atoms with Gasteiger partial charge in [-0.25, -0.2) is 0 Å². The van der Waals surface area contributed by atoms with E-state index in [1.54, 1.807) is 18.9 Å². The number of benzene rings is 1. The van der Waals surface area contributed by atoms with Crippen molar-refractivity contribution in [2.75, 3.05) is 31.6 Å². The van der Waals surface area contributed by atoms with E-state index >= 15 is 0 Å². The highest BCUT2D eigenvalue weighted by Gasteiger charge is 2.26. The Morgan fingerprint density at radius 3 is 2.55 bits per heavy atom. The maximum absolute atomic E-state index is 12.6. The number of fused-ring (bicyclic) bond motifs is 1. The third-order valence-corrected chi connectivity index (χ3v) is 4.66. The van der Waals surface area contributed by atoms with Crippen molar-refractivity contribution in [3.8, 4) is 0 Å². The molecule has 0 aromatic heterocycles. The second-order valence-electron chi connectivity index (χ2n) is 5.99. The fraction of sp³-hybridized carbons (Fsp3) is 0.529. The summed E-state index contributed by atoms with van der Waals surface area (Å²) in [4.78, 5) is 27.9. The van der Waals surface area contributed by atoms with Crippen molar-refractivity contribution in [3.05, 3.63) is 29.3 Å². The van der Waals surface area contributed by atoms with Gasteiger partial charge in [-0.15, -0.1) is 0 Å². The lowest BCUT2D eigenvalue weighted by atomic mass is 10.0. The van der Waals surface area contributed by atoms with Crippen molar-refractivity contribution in [3.63, 3.8) is 0 Å². The summed E-state index contributed by atoms with van der Waals surface area (Å²) >= 11 is 0. The number of carbonyl (C=O) groups excluding carboxylic acids is 2. The Morgan fingerprint density at radius 1 is 1.18 bits per heavy atom. The molecule has 1 saturated heterocycles. The zero-order valence-electron chi connectivity index (χ0n) is 13.2. The van der Waals surface area contributed by atoms with E-state index in [-0.39, 0.29) is 17.9 Å². The summed E-state index contributed by atoms with van der Waals surface area (Å²) in [5, 5.41) is 0. The highest BCUT2D eigenvalue weighted by Crippen LogP contribution is 2.29. The van der Waals surface area contributed by atoms with Crippen molar-refractivity contribution < 1.29 is 14.3 Å². The number of likely N-dealkylation sites (tertiary alicyclic amines) is 1. The second-order valence-corrected chi connectivity index (χ2v) is 5.99. The number of nitrogens with zero attached hydrogens (tertiary/aromatic N) is 2. The van der Waals surface area contributed by atoms with Crippen LogP contribution in [0.4, 0.5) is 5.69 Å². The Balaban J connectivity index is 1.74. The molecule has 2 heterocycles. The van der Waals surface area contributed by atoms with Gasteiger partial charge in [-0.3, -0.25) is 9.59 Å². The lowest BCUT2D eigenvalue weighted by Crippen LogP contribution is -2.40. The Labute approximate surface area is 130 Å². The summed E-state index contributed by atoms with van der Waals surface area (Å²) in [6, 6.07) is 5.69. The lowest BCUT2D eigenvalue weighted by Gasteiger charge is -2.31. The first-order chi connectivity index (χ1) is 10.6. The van der Waals surface area contributed by atoms with Gasteiger partial charge in [-0.1, -0.05) is 0 Å². The molecule has 0 unspecified atom stereocenters. The molecule has 1 aromatic carbocycles. The summed E-state index contributed by atoms with van der Waals surface area (Å²) in [7, 11) is 1.73. The van der Waals surface area contributed by atoms with Crippen molar-refractivity contribution in [2.45, 2.75) is 32.3 Å². The molecular formula is C17H22N2O3. The molecule has 2 amide bonds. The molecule has 3 rings (SSSR count). The minimum atomic E-state index is 0.0551. The normalized spacial score (nSPS) is 18.5. The molecule has 0 spiro atoms. The fourth-order valence-corrected chi connectivity index (χ4v) is 3.34. The molecule has 2 aliphatic heterocycles. The number of hydrogen-bond donors (Lipinski definition) is 0. The van der Waals surface area contributed by atoms with Crippen LogP contribution in [0.2, 0.25) is 0 Å². The van der Waals surface area contributed by atoms with Crippen molar-refractivity contribution in [1.82, 2.24) is 4.90 Å². The number of methoxy groups -OCH3 is 1. The van der Waals surface area contributed by atoms with Gasteiger partial charge in [0.15, 0.2) is 0 Å². The summed E-state index contributed by atoms with van der Waals surface area (Å²) in [6.07, 6.45) is 2.88. The molecule has 118 valence electrons. The van der Waals surface area contributed by atoms with Crippen molar-refractivity contribution in [1.29, 1.82) is 0 Å². The third kappa shape index (κ3) is 2.73. The van der Waals surface area contributed by atoms with Crippen LogP contribution in [0.15, 0.2) is 18.2 Å². The van der Waals surface area contributed by atoms with Gasteiger partial charge < -0.3 is 14.5 Å². The Hall–Kier alpha value is -1.88. The second kappa shape index (κ2) is 6.08. The number of piperidine rings is 1. The van der Waals surface area contributed by atoms with Crippen LogP contribution in [0.5, 0.6) is 0 Å². The first kappa shape index (κ1) is 15.0. The molecule has 0 saturated carbocycles. The summed E-state index contributed by atoms with van der Waals surface area (Å²) < 4.78 is 5.34. The van der Waals surface area contributed by atoms with Crippen LogP contribution in [0.1, 0.15) is 35.7 Å². The van der Waals surface area contributed by atoms with Crippen LogP contribution in [-0.4, -0.2) is 49.6 Å². The predicted octanol–water partition coefficient (Wildman–Crippen LogP) is 1.85. The van der Waals surface area contributed by atoms with Gasteiger partial charge in [0.25, 0.3) is 5.91 Å². The molecule has 5 heteroatoms. The molecule has 1 fully saturated rings. The monoisotopic (exact) mass is 302 g/mol. The minimum Gasteiger partial charge on any atom is -0.381 e. The Kier molecular flexibility index (Phi) is 4.16. The smallest absolute Gasteiger partial charge is 0.253 e. The summed E-state index contributed by atoms with van der Waals surface area (Å²) in [5.41, 5.74) is 2.76. The zero-order chi connectivity index (χ0) is 15.7. The number of amides is 2. The van der Waals surface area contributed by atoms with Gasteiger partial charge in [0.05, 0.1) is 6.10 Å². The molecule has 5 nitrogen and oxygen atoms in total. The average Bonchev–Trinajstić information content (AvgIpc) is 2.97. The van der Waals surface area contributed by atoms with Gasteiger partial charge in [0.1, 0.15) is 0 Å². The molecule has 0 N–H and O–H groups in total. The average molecular weight is 302 g/mol. The van der Waals surface area contributed by atoms with Gasteiger partial charge in [-0.05, 0) is 43.0 Å². The van der Waals surface area contributed by atoms with E-state index < -0.39 is 0 Å². The lowest BCUT2D eigenvalue weighted by molar-refractivity contribution is -0.116. The van der Waals surface area contributed by atoms with Crippen molar-refractivity contribution >= 4 is 17.5 Å². The molecule has 0 radical (unpaired) electrons. The molecule has 22 heavy (non-hydrogen) atoms. The molecule has 0 bridgehead atoms. The quantitative estimate of drug-likeness (QED) is 0.837. The van der Waals surface area contributed by atoms with Crippen LogP contribution < -0.4 is 4.90 Å². The molecular weight excluding hydrogens is 280 g/mol. The topological polar surface area (TPSA) is 49.9 Å². The van der Waals surface area contributed by atoms with Crippen LogP contribution >= 0.6 is 0 Å². The van der Waals surface area contributed by atoms with E-state index in [0.717, 1.165) is 49.2 Å². The first-order valence-corrected chi connectivity index (χ1v) is 7.83. The van der Waals surface area contributed by atoms with E-state index in [1.165, 1.54) is 0 Å². The standard InChI is InChI=1S/C17H22N2O3/c1-12(20)19-10-5-13-11-14(3-4-16(13)19)17(21)18-8-6-15(22-2)7-9-18/h3-4,11,15H,5-10H2,1-2H3. The van der Waals surface area contributed by atoms with Crippen LogP contribution in [0, 0.1) is 0 Å². The summed E-state index contributed by atoms with van der Waals surface area (Å²) in [5.74, 6) is 0.137. The molecule has 1 aromatic rings. The number of anilines is 1. The van der Waals surface area contributed by atoms with Gasteiger partial charge in [0.2, 0.25) is 5.91 Å². The maximum atomic E-state index is 12.6.